The summed E-state index contributed by atoms with van der Waals surface area (Å²) in [6, 6.07) is 11.7. The summed E-state index contributed by atoms with van der Waals surface area (Å²) < 4.78 is 27.9. The maximum Gasteiger partial charge on any atom is 0.261 e. The molecular formula is C21H26N2O3S. The third kappa shape index (κ3) is 4.69. The van der Waals surface area contributed by atoms with E-state index in [0.717, 1.165) is 37.1 Å². The van der Waals surface area contributed by atoms with E-state index < -0.39 is 10.0 Å². The molecule has 144 valence electrons. The van der Waals surface area contributed by atoms with Gasteiger partial charge < -0.3 is 4.90 Å². The molecule has 0 aliphatic carbocycles. The van der Waals surface area contributed by atoms with E-state index >= 15 is 0 Å². The van der Waals surface area contributed by atoms with Gasteiger partial charge in [-0.05, 0) is 80.1 Å². The van der Waals surface area contributed by atoms with Crippen molar-refractivity contribution in [2.75, 3.05) is 17.8 Å². The number of carbonyl (C=O) groups excluding carboxylic acids is 1. The van der Waals surface area contributed by atoms with Crippen LogP contribution in [-0.4, -0.2) is 32.3 Å². The van der Waals surface area contributed by atoms with Crippen LogP contribution in [-0.2, 0) is 10.0 Å². The van der Waals surface area contributed by atoms with Crippen molar-refractivity contribution >= 4 is 21.6 Å². The molecule has 2 aromatic carbocycles. The molecule has 0 atom stereocenters. The number of piperidine rings is 1. The Morgan fingerprint density at radius 2 is 1.56 bits per heavy atom. The maximum absolute atomic E-state index is 12.6. The first-order valence-electron chi connectivity index (χ1n) is 9.25. The molecule has 1 amide bonds. The zero-order chi connectivity index (χ0) is 19.6. The summed E-state index contributed by atoms with van der Waals surface area (Å²) in [6.45, 7) is 7.56. The van der Waals surface area contributed by atoms with Gasteiger partial charge in [-0.1, -0.05) is 13.0 Å². The van der Waals surface area contributed by atoms with Gasteiger partial charge in [-0.15, -0.1) is 0 Å². The van der Waals surface area contributed by atoms with Crippen LogP contribution in [0.2, 0.25) is 0 Å². The highest BCUT2D eigenvalue weighted by molar-refractivity contribution is 7.92. The Bertz CT molecular complexity index is 908. The van der Waals surface area contributed by atoms with Gasteiger partial charge in [0.15, 0.2) is 0 Å². The first kappa shape index (κ1) is 19.4. The van der Waals surface area contributed by atoms with Gasteiger partial charge in [0.25, 0.3) is 15.9 Å². The number of nitrogens with zero attached hydrogens (tertiary/aromatic N) is 1. The number of amides is 1. The van der Waals surface area contributed by atoms with E-state index in [4.69, 9.17) is 0 Å². The van der Waals surface area contributed by atoms with Crippen LogP contribution in [0, 0.1) is 19.8 Å². The largest absolute Gasteiger partial charge is 0.339 e. The fourth-order valence-electron chi connectivity index (χ4n) is 3.42. The van der Waals surface area contributed by atoms with Crippen molar-refractivity contribution < 1.29 is 13.2 Å². The average molecular weight is 387 g/mol. The third-order valence-corrected chi connectivity index (χ3v) is 6.35. The summed E-state index contributed by atoms with van der Waals surface area (Å²) in [5, 5.41) is 0. The zero-order valence-corrected chi connectivity index (χ0v) is 16.8. The predicted molar refractivity (Wildman–Crippen MR) is 107 cm³/mol. The monoisotopic (exact) mass is 386 g/mol. The van der Waals surface area contributed by atoms with Gasteiger partial charge >= 0.3 is 0 Å². The molecule has 2 aromatic rings. The summed E-state index contributed by atoms with van der Waals surface area (Å²) in [4.78, 5) is 14.6. The highest BCUT2D eigenvalue weighted by Gasteiger charge is 2.22. The molecule has 3 rings (SSSR count). The van der Waals surface area contributed by atoms with Gasteiger partial charge in [0.1, 0.15) is 0 Å². The van der Waals surface area contributed by atoms with E-state index in [-0.39, 0.29) is 10.8 Å². The van der Waals surface area contributed by atoms with Crippen LogP contribution in [0.4, 0.5) is 5.69 Å². The summed E-state index contributed by atoms with van der Waals surface area (Å²) in [6.07, 6.45) is 2.02. The Morgan fingerprint density at radius 3 is 2.11 bits per heavy atom. The first-order valence-corrected chi connectivity index (χ1v) is 10.7. The lowest BCUT2D eigenvalue weighted by molar-refractivity contribution is 0.0697. The number of aryl methyl sites for hydroxylation is 2. The SMILES string of the molecule is Cc1cc(C)cc(NS(=O)(=O)c2ccc(C(=O)N3CCC(C)CC3)cc2)c1. The number of likely N-dealkylation sites (tertiary alicyclic amines) is 1. The molecule has 1 saturated heterocycles. The Labute approximate surface area is 161 Å². The lowest BCUT2D eigenvalue weighted by Gasteiger charge is -2.30. The molecule has 0 saturated carbocycles. The first-order chi connectivity index (χ1) is 12.7. The fourth-order valence-corrected chi connectivity index (χ4v) is 4.46. The van der Waals surface area contributed by atoms with Gasteiger partial charge in [0, 0.05) is 24.3 Å². The van der Waals surface area contributed by atoms with E-state index in [2.05, 4.69) is 11.6 Å². The Kier molecular flexibility index (Phi) is 5.56. The number of sulfonamides is 1. The molecule has 1 fully saturated rings. The number of rotatable bonds is 4. The zero-order valence-electron chi connectivity index (χ0n) is 16.0. The van der Waals surface area contributed by atoms with E-state index in [9.17, 15) is 13.2 Å². The fraction of sp³-hybridized carbons (Fsp3) is 0.381. The second kappa shape index (κ2) is 7.72. The molecule has 0 aromatic heterocycles. The Hall–Kier alpha value is -2.34. The number of hydrogen-bond donors (Lipinski definition) is 1. The van der Waals surface area contributed by atoms with E-state index in [0.29, 0.717) is 17.2 Å². The minimum atomic E-state index is -3.70. The van der Waals surface area contributed by atoms with E-state index in [1.54, 1.807) is 24.3 Å². The molecular weight excluding hydrogens is 360 g/mol. The molecule has 0 unspecified atom stereocenters. The van der Waals surface area contributed by atoms with Crippen LogP contribution in [0.15, 0.2) is 47.4 Å². The van der Waals surface area contributed by atoms with Crippen molar-refractivity contribution in [3.8, 4) is 0 Å². The minimum absolute atomic E-state index is 0.0342. The lowest BCUT2D eigenvalue weighted by atomic mass is 9.98. The second-order valence-corrected chi connectivity index (χ2v) is 9.16. The van der Waals surface area contributed by atoms with Crippen LogP contribution >= 0.6 is 0 Å². The minimum Gasteiger partial charge on any atom is -0.339 e. The normalized spacial score (nSPS) is 15.6. The van der Waals surface area contributed by atoms with E-state index in [1.807, 2.05) is 24.8 Å². The molecule has 1 heterocycles. The summed E-state index contributed by atoms with van der Waals surface area (Å²) in [5.41, 5.74) is 3.04. The third-order valence-electron chi connectivity index (χ3n) is 4.96. The van der Waals surface area contributed by atoms with Crippen LogP contribution in [0.1, 0.15) is 41.3 Å². The number of anilines is 1. The predicted octanol–water partition coefficient (Wildman–Crippen LogP) is 3.98. The van der Waals surface area contributed by atoms with Crippen LogP contribution in [0.3, 0.4) is 0 Å². The molecule has 1 aliphatic rings. The van der Waals surface area contributed by atoms with Crippen molar-refractivity contribution in [1.29, 1.82) is 0 Å². The highest BCUT2D eigenvalue weighted by atomic mass is 32.2. The topological polar surface area (TPSA) is 66.5 Å². The summed E-state index contributed by atoms with van der Waals surface area (Å²) in [7, 11) is -3.70. The quantitative estimate of drug-likeness (QED) is 0.864. The van der Waals surface area contributed by atoms with Crippen molar-refractivity contribution in [2.45, 2.75) is 38.5 Å². The molecule has 0 bridgehead atoms. The molecule has 1 N–H and O–H groups in total. The average Bonchev–Trinajstić information content (AvgIpc) is 2.60. The molecule has 1 aliphatic heterocycles. The van der Waals surface area contributed by atoms with Gasteiger partial charge in [0.2, 0.25) is 0 Å². The molecule has 5 nitrogen and oxygen atoms in total. The maximum atomic E-state index is 12.6. The van der Waals surface area contributed by atoms with Crippen LogP contribution < -0.4 is 4.72 Å². The summed E-state index contributed by atoms with van der Waals surface area (Å²) in [5.74, 6) is 0.617. The number of carbonyl (C=O) groups is 1. The Morgan fingerprint density at radius 1 is 1.00 bits per heavy atom. The van der Waals surface area contributed by atoms with Crippen molar-refractivity contribution in [2.24, 2.45) is 5.92 Å². The van der Waals surface area contributed by atoms with Crippen molar-refractivity contribution in [1.82, 2.24) is 4.90 Å². The van der Waals surface area contributed by atoms with Gasteiger partial charge in [-0.25, -0.2) is 8.42 Å². The molecule has 0 radical (unpaired) electrons. The molecule has 6 heteroatoms. The number of nitrogens with one attached hydrogen (secondary N) is 1. The Balaban J connectivity index is 1.74. The van der Waals surface area contributed by atoms with Gasteiger partial charge in [-0.3, -0.25) is 9.52 Å². The molecule has 27 heavy (non-hydrogen) atoms. The number of benzene rings is 2. The van der Waals surface area contributed by atoms with Crippen LogP contribution in [0.25, 0.3) is 0 Å². The molecule has 0 spiro atoms. The smallest absolute Gasteiger partial charge is 0.261 e. The lowest BCUT2D eigenvalue weighted by Crippen LogP contribution is -2.37. The van der Waals surface area contributed by atoms with Crippen molar-refractivity contribution in [3.05, 3.63) is 59.2 Å². The van der Waals surface area contributed by atoms with Crippen LogP contribution in [0.5, 0.6) is 0 Å². The number of hydrogen-bond acceptors (Lipinski definition) is 3. The van der Waals surface area contributed by atoms with Crippen molar-refractivity contribution in [3.63, 3.8) is 0 Å². The summed E-state index contributed by atoms with van der Waals surface area (Å²) >= 11 is 0. The van der Waals surface area contributed by atoms with Gasteiger partial charge in [-0.2, -0.15) is 0 Å². The second-order valence-electron chi connectivity index (χ2n) is 7.48. The van der Waals surface area contributed by atoms with Gasteiger partial charge in [0.05, 0.1) is 4.90 Å². The standard InChI is InChI=1S/C21H26N2O3S/c1-15-8-10-23(11-9-15)21(24)18-4-6-20(7-5-18)27(25,26)22-19-13-16(2)12-17(3)14-19/h4-7,12-15,22H,8-11H2,1-3H3. The van der Waals surface area contributed by atoms with E-state index in [1.165, 1.54) is 12.1 Å². The highest BCUT2D eigenvalue weighted by Crippen LogP contribution is 2.21.